The van der Waals surface area contributed by atoms with Gasteiger partial charge in [0.25, 0.3) is 5.91 Å². The summed E-state index contributed by atoms with van der Waals surface area (Å²) in [5.74, 6) is 0.944. The second kappa shape index (κ2) is 5.19. The van der Waals surface area contributed by atoms with Crippen molar-refractivity contribution in [2.75, 3.05) is 11.5 Å². The van der Waals surface area contributed by atoms with Crippen molar-refractivity contribution < 1.29 is 22.8 Å². The van der Waals surface area contributed by atoms with Gasteiger partial charge in [0.15, 0.2) is 0 Å². The van der Waals surface area contributed by atoms with Gasteiger partial charge in [-0.1, -0.05) is 12.1 Å². The Bertz CT molecular complexity index is 627. The van der Waals surface area contributed by atoms with Crippen LogP contribution in [0, 0.1) is 0 Å². The van der Waals surface area contributed by atoms with E-state index in [0.29, 0.717) is 12.2 Å². The van der Waals surface area contributed by atoms with E-state index in [2.05, 4.69) is 5.32 Å². The fourth-order valence-electron chi connectivity index (χ4n) is 2.68. The van der Waals surface area contributed by atoms with Crippen LogP contribution in [0.5, 0.6) is 0 Å². The van der Waals surface area contributed by atoms with Gasteiger partial charge < -0.3 is 5.32 Å². The predicted octanol–water partition coefficient (Wildman–Crippen LogP) is 2.63. The monoisotopic (exact) mass is 330 g/mol. The lowest BCUT2D eigenvalue weighted by atomic mass is 9.99. The molecule has 4 nitrogen and oxygen atoms in total. The lowest BCUT2D eigenvalue weighted by Crippen LogP contribution is -2.46. The normalized spacial score (nSPS) is 25.1. The lowest BCUT2D eigenvalue weighted by molar-refractivity contribution is -0.137. The molecule has 3 rings (SSSR count). The Morgan fingerprint density at radius 2 is 2.09 bits per heavy atom. The van der Waals surface area contributed by atoms with E-state index >= 15 is 0 Å². The van der Waals surface area contributed by atoms with E-state index in [4.69, 9.17) is 0 Å². The summed E-state index contributed by atoms with van der Waals surface area (Å²) < 4.78 is 38.1. The molecule has 2 heterocycles. The van der Waals surface area contributed by atoms with Gasteiger partial charge in [0.1, 0.15) is 5.54 Å². The van der Waals surface area contributed by atoms with Gasteiger partial charge in [-0.3, -0.25) is 9.69 Å². The number of alkyl halides is 3. The molecule has 2 aliphatic heterocycles. The number of benzene rings is 1. The molecule has 3 amide bonds. The van der Waals surface area contributed by atoms with Gasteiger partial charge in [0.05, 0.1) is 12.1 Å². The van der Waals surface area contributed by atoms with Crippen molar-refractivity contribution in [2.45, 2.75) is 24.7 Å². The molecule has 1 atom stereocenters. The topological polar surface area (TPSA) is 49.4 Å². The summed E-state index contributed by atoms with van der Waals surface area (Å²) >= 11 is 1.58. The van der Waals surface area contributed by atoms with E-state index in [1.54, 1.807) is 11.8 Å². The lowest BCUT2D eigenvalue weighted by Gasteiger charge is -2.19. The first kappa shape index (κ1) is 15.2. The van der Waals surface area contributed by atoms with Crippen LogP contribution in [0.3, 0.4) is 0 Å². The fourth-order valence-corrected chi connectivity index (χ4v) is 4.01. The van der Waals surface area contributed by atoms with E-state index < -0.39 is 23.3 Å². The molecule has 22 heavy (non-hydrogen) atoms. The van der Waals surface area contributed by atoms with Crippen LogP contribution in [-0.4, -0.2) is 33.9 Å². The summed E-state index contributed by atoms with van der Waals surface area (Å²) in [5, 5.41) is 2.69. The number of hydrogen-bond acceptors (Lipinski definition) is 3. The number of carbonyl (C=O) groups excluding carboxylic acids is 2. The van der Waals surface area contributed by atoms with Crippen molar-refractivity contribution in [1.29, 1.82) is 0 Å². The molecule has 118 valence electrons. The largest absolute Gasteiger partial charge is 0.416 e. The number of imide groups is 1. The first-order chi connectivity index (χ1) is 10.3. The van der Waals surface area contributed by atoms with Crippen LogP contribution in [0.15, 0.2) is 24.3 Å². The third kappa shape index (κ3) is 2.55. The van der Waals surface area contributed by atoms with Crippen LogP contribution >= 0.6 is 11.8 Å². The minimum absolute atomic E-state index is 0.152. The Hall–Kier alpha value is -1.70. The minimum Gasteiger partial charge on any atom is -0.322 e. The zero-order chi connectivity index (χ0) is 16.0. The maximum Gasteiger partial charge on any atom is 0.416 e. The predicted molar refractivity (Wildman–Crippen MR) is 75.2 cm³/mol. The van der Waals surface area contributed by atoms with Crippen molar-refractivity contribution >= 4 is 23.7 Å². The van der Waals surface area contributed by atoms with Crippen LogP contribution in [0.2, 0.25) is 0 Å². The number of urea groups is 1. The molecular weight excluding hydrogens is 317 g/mol. The van der Waals surface area contributed by atoms with Crippen molar-refractivity contribution in [3.8, 4) is 0 Å². The first-order valence-electron chi connectivity index (χ1n) is 6.70. The highest BCUT2D eigenvalue weighted by Gasteiger charge is 2.52. The molecule has 2 aliphatic rings. The van der Waals surface area contributed by atoms with E-state index in [1.807, 2.05) is 0 Å². The van der Waals surface area contributed by atoms with Gasteiger partial charge in [-0.2, -0.15) is 24.9 Å². The van der Waals surface area contributed by atoms with Crippen LogP contribution in [0.1, 0.15) is 17.5 Å². The highest BCUT2D eigenvalue weighted by atomic mass is 32.2. The highest BCUT2D eigenvalue weighted by molar-refractivity contribution is 7.99. The van der Waals surface area contributed by atoms with Gasteiger partial charge >= 0.3 is 12.2 Å². The molecule has 0 unspecified atom stereocenters. The average Bonchev–Trinajstić information content (AvgIpc) is 3.00. The van der Waals surface area contributed by atoms with Crippen LogP contribution in [-0.2, 0) is 17.5 Å². The summed E-state index contributed by atoms with van der Waals surface area (Å²) in [7, 11) is 0. The molecule has 2 saturated heterocycles. The third-order valence-corrected chi connectivity index (χ3v) is 5.05. The smallest absolute Gasteiger partial charge is 0.322 e. The molecule has 2 fully saturated rings. The molecule has 0 bridgehead atoms. The number of hydrogen-bond donors (Lipinski definition) is 1. The zero-order valence-electron chi connectivity index (χ0n) is 11.4. The number of amides is 3. The molecule has 0 aromatic heterocycles. The molecule has 1 aromatic carbocycles. The van der Waals surface area contributed by atoms with E-state index in [9.17, 15) is 22.8 Å². The number of nitrogens with zero attached hydrogens (tertiary/aromatic N) is 1. The van der Waals surface area contributed by atoms with Crippen molar-refractivity contribution in [2.24, 2.45) is 0 Å². The van der Waals surface area contributed by atoms with Crippen LogP contribution < -0.4 is 5.32 Å². The molecule has 1 aromatic rings. The number of rotatable bonds is 2. The standard InChI is InChI=1S/C14H13F3N2O2S/c15-14(16,17)10-3-1-2-9(6-10)7-19-11(20)13(18-12(19)21)4-5-22-8-13/h1-3,6H,4-5,7-8H2,(H,18,21)/t13-/m0/s1. The Morgan fingerprint density at radius 1 is 1.32 bits per heavy atom. The van der Waals surface area contributed by atoms with Crippen LogP contribution in [0.4, 0.5) is 18.0 Å². The maximum absolute atomic E-state index is 12.7. The summed E-state index contributed by atoms with van der Waals surface area (Å²) in [5.41, 5.74) is -1.38. The van der Waals surface area contributed by atoms with E-state index in [0.717, 1.165) is 22.8 Å². The molecule has 8 heteroatoms. The molecule has 0 saturated carbocycles. The molecule has 0 aliphatic carbocycles. The number of halogens is 3. The second-order valence-electron chi connectivity index (χ2n) is 5.40. The average molecular weight is 330 g/mol. The van der Waals surface area contributed by atoms with Gasteiger partial charge in [0.2, 0.25) is 0 Å². The quantitative estimate of drug-likeness (QED) is 0.848. The van der Waals surface area contributed by atoms with Crippen molar-refractivity contribution in [3.05, 3.63) is 35.4 Å². The number of thioether (sulfide) groups is 1. The zero-order valence-corrected chi connectivity index (χ0v) is 12.3. The Kier molecular flexibility index (Phi) is 3.58. The number of nitrogens with one attached hydrogen (secondary N) is 1. The van der Waals surface area contributed by atoms with Crippen LogP contribution in [0.25, 0.3) is 0 Å². The van der Waals surface area contributed by atoms with Gasteiger partial charge in [-0.05, 0) is 29.9 Å². The Labute approximate surface area is 129 Å². The maximum atomic E-state index is 12.7. The first-order valence-corrected chi connectivity index (χ1v) is 7.85. The molecule has 0 radical (unpaired) electrons. The molecule has 1 N–H and O–H groups in total. The van der Waals surface area contributed by atoms with Crippen molar-refractivity contribution in [3.63, 3.8) is 0 Å². The fraction of sp³-hybridized carbons (Fsp3) is 0.429. The van der Waals surface area contributed by atoms with E-state index in [-0.39, 0.29) is 18.0 Å². The van der Waals surface area contributed by atoms with Gasteiger partial charge in [0, 0.05) is 5.75 Å². The summed E-state index contributed by atoms with van der Waals surface area (Å²) in [6.07, 6.45) is -3.89. The number of carbonyl (C=O) groups is 2. The summed E-state index contributed by atoms with van der Waals surface area (Å²) in [6, 6.07) is 4.14. The van der Waals surface area contributed by atoms with Crippen molar-refractivity contribution in [1.82, 2.24) is 10.2 Å². The van der Waals surface area contributed by atoms with Gasteiger partial charge in [-0.25, -0.2) is 4.79 Å². The Morgan fingerprint density at radius 3 is 2.73 bits per heavy atom. The molecular formula is C14H13F3N2O2S. The highest BCUT2D eigenvalue weighted by Crippen LogP contribution is 2.34. The van der Waals surface area contributed by atoms with E-state index in [1.165, 1.54) is 12.1 Å². The molecule has 1 spiro atoms. The SMILES string of the molecule is O=C1N[C@]2(CCSC2)C(=O)N1Cc1cccc(C(F)(F)F)c1. The van der Waals surface area contributed by atoms with Gasteiger partial charge in [-0.15, -0.1) is 0 Å². The summed E-state index contributed by atoms with van der Waals surface area (Å²) in [6.45, 7) is -0.152. The minimum atomic E-state index is -4.45. The Balaban J connectivity index is 1.82. The summed E-state index contributed by atoms with van der Waals surface area (Å²) in [4.78, 5) is 25.4. The second-order valence-corrected chi connectivity index (χ2v) is 6.51. The third-order valence-electron chi connectivity index (χ3n) is 3.86.